The number of carbonyl (C=O) groups excluding carboxylic acids is 2. The maximum Gasteiger partial charge on any atom is 0.243 e. The second-order valence-corrected chi connectivity index (χ2v) is 12.6. The Morgan fingerprint density at radius 1 is 0.974 bits per heavy atom. The van der Waals surface area contributed by atoms with E-state index in [9.17, 15) is 18.0 Å². The van der Waals surface area contributed by atoms with Gasteiger partial charge in [-0.3, -0.25) is 14.5 Å². The molecule has 2 fully saturated rings. The Kier molecular flexibility index (Phi) is 8.45. The lowest BCUT2D eigenvalue weighted by Crippen LogP contribution is -2.58. The number of hydrogen-bond acceptors (Lipinski definition) is 5. The Labute approximate surface area is 225 Å². The molecule has 0 bridgehead atoms. The summed E-state index contributed by atoms with van der Waals surface area (Å²) in [6.07, 6.45) is 7.75. The molecular formula is C29H38N4O4S. The summed E-state index contributed by atoms with van der Waals surface area (Å²) in [7, 11) is -3.90. The van der Waals surface area contributed by atoms with Gasteiger partial charge < -0.3 is 10.6 Å². The van der Waals surface area contributed by atoms with Gasteiger partial charge in [0.1, 0.15) is 6.04 Å². The van der Waals surface area contributed by atoms with E-state index in [1.165, 1.54) is 53.2 Å². The van der Waals surface area contributed by atoms with Crippen LogP contribution in [0.4, 0.5) is 0 Å². The molecule has 2 atom stereocenters. The Morgan fingerprint density at radius 2 is 1.74 bits per heavy atom. The Bertz CT molecular complexity index is 1240. The average molecular weight is 539 g/mol. The molecule has 9 heteroatoms. The number of hydrogen-bond donors (Lipinski definition) is 2. The maximum atomic E-state index is 13.3. The normalized spacial score (nSPS) is 23.2. The van der Waals surface area contributed by atoms with Crippen LogP contribution in [0.1, 0.15) is 67.7 Å². The number of likely N-dealkylation sites (tertiary alicyclic amines) is 1. The summed E-state index contributed by atoms with van der Waals surface area (Å²) in [5.74, 6) is -0.750. The van der Waals surface area contributed by atoms with E-state index < -0.39 is 22.0 Å². The molecule has 204 valence electrons. The van der Waals surface area contributed by atoms with Crippen molar-refractivity contribution < 1.29 is 18.0 Å². The second-order valence-electron chi connectivity index (χ2n) is 10.7. The highest BCUT2D eigenvalue weighted by Gasteiger charge is 2.40. The molecule has 2 aromatic rings. The molecule has 38 heavy (non-hydrogen) atoms. The lowest BCUT2D eigenvalue weighted by Gasteiger charge is -2.34. The van der Waals surface area contributed by atoms with Gasteiger partial charge in [0.2, 0.25) is 21.8 Å². The number of amides is 2. The largest absolute Gasteiger partial charge is 0.353 e. The highest BCUT2D eigenvalue weighted by molar-refractivity contribution is 7.89. The first-order valence-electron chi connectivity index (χ1n) is 13.9. The monoisotopic (exact) mass is 538 g/mol. The van der Waals surface area contributed by atoms with Crippen LogP contribution in [0.2, 0.25) is 0 Å². The van der Waals surface area contributed by atoms with Crippen molar-refractivity contribution in [3.8, 4) is 0 Å². The molecule has 2 heterocycles. The van der Waals surface area contributed by atoms with Gasteiger partial charge in [0.15, 0.2) is 0 Å². The first kappa shape index (κ1) is 26.8. The zero-order chi connectivity index (χ0) is 26.5. The minimum absolute atomic E-state index is 0.122. The maximum absolute atomic E-state index is 13.3. The third-order valence-corrected chi connectivity index (χ3v) is 9.89. The number of benzene rings is 2. The van der Waals surface area contributed by atoms with E-state index in [-0.39, 0.29) is 36.4 Å². The Hall–Kier alpha value is -2.75. The number of piperazine rings is 1. The van der Waals surface area contributed by atoms with Crippen LogP contribution in [0, 0.1) is 0 Å². The van der Waals surface area contributed by atoms with Gasteiger partial charge in [0, 0.05) is 19.6 Å². The molecule has 2 aliphatic heterocycles. The van der Waals surface area contributed by atoms with Crippen LogP contribution in [0.15, 0.2) is 53.4 Å². The van der Waals surface area contributed by atoms with Gasteiger partial charge in [0.25, 0.3) is 0 Å². The van der Waals surface area contributed by atoms with Crippen molar-refractivity contribution in [2.24, 2.45) is 0 Å². The van der Waals surface area contributed by atoms with Crippen LogP contribution in [0.25, 0.3) is 0 Å². The fraction of sp³-hybridized carbons (Fsp3) is 0.517. The fourth-order valence-corrected chi connectivity index (χ4v) is 7.61. The molecular weight excluding hydrogens is 500 g/mol. The second kappa shape index (κ2) is 12.0. The van der Waals surface area contributed by atoms with Crippen LogP contribution in [0.3, 0.4) is 0 Å². The van der Waals surface area contributed by atoms with Gasteiger partial charge in [-0.1, -0.05) is 49.2 Å². The summed E-state index contributed by atoms with van der Waals surface area (Å²) in [4.78, 5) is 28.6. The standard InChI is InChI=1S/C29H38N4O4S/c34-28(20-27-29(35)30-15-18-33(27)38(36,37)24-10-4-3-5-11-24)31-26-12-8-9-23-19-22(13-14-25(23)26)21-32-16-6-1-2-7-17-32/h3-5,10-11,13-14,19,26-27H,1-2,6-9,12,15-18,20-21H2,(H,30,35)(H,31,34)/t26-,27?/m1/s1. The molecule has 0 spiro atoms. The predicted octanol–water partition coefficient (Wildman–Crippen LogP) is 3.14. The number of aryl methyl sites for hydroxylation is 1. The van der Waals surface area contributed by atoms with Crippen molar-refractivity contribution in [3.63, 3.8) is 0 Å². The summed E-state index contributed by atoms with van der Waals surface area (Å²) in [5.41, 5.74) is 3.72. The van der Waals surface area contributed by atoms with Gasteiger partial charge in [-0.05, 0) is 74.0 Å². The number of fused-ring (bicyclic) bond motifs is 1. The number of carbonyl (C=O) groups is 2. The van der Waals surface area contributed by atoms with Crippen molar-refractivity contribution in [2.75, 3.05) is 26.2 Å². The number of sulfonamides is 1. The Morgan fingerprint density at radius 3 is 2.50 bits per heavy atom. The van der Waals surface area contributed by atoms with Crippen molar-refractivity contribution in [3.05, 3.63) is 65.2 Å². The van der Waals surface area contributed by atoms with Crippen LogP contribution in [0.5, 0.6) is 0 Å². The summed E-state index contributed by atoms with van der Waals surface area (Å²) in [5, 5.41) is 5.84. The van der Waals surface area contributed by atoms with Crippen LogP contribution >= 0.6 is 0 Å². The molecule has 2 aromatic carbocycles. The van der Waals surface area contributed by atoms with E-state index in [0.29, 0.717) is 0 Å². The first-order valence-corrected chi connectivity index (χ1v) is 15.3. The van der Waals surface area contributed by atoms with Crippen LogP contribution < -0.4 is 10.6 Å². The van der Waals surface area contributed by atoms with E-state index in [1.807, 2.05) is 0 Å². The van der Waals surface area contributed by atoms with Gasteiger partial charge in [0.05, 0.1) is 17.4 Å². The SMILES string of the molecule is O=C(CC1C(=O)NCCN1S(=O)(=O)c1ccccc1)N[C@@H]1CCCc2cc(CN3CCCCCC3)ccc21. The van der Waals surface area contributed by atoms with Crippen LogP contribution in [-0.2, 0) is 32.6 Å². The van der Waals surface area contributed by atoms with E-state index in [0.717, 1.165) is 44.5 Å². The fourth-order valence-electron chi connectivity index (χ4n) is 6.00. The lowest BCUT2D eigenvalue weighted by molar-refractivity contribution is -0.132. The van der Waals surface area contributed by atoms with Crippen molar-refractivity contribution >= 4 is 21.8 Å². The predicted molar refractivity (Wildman–Crippen MR) is 146 cm³/mol. The summed E-state index contributed by atoms with van der Waals surface area (Å²) < 4.78 is 27.7. The molecule has 2 saturated heterocycles. The number of rotatable bonds is 7. The molecule has 0 aromatic heterocycles. The minimum atomic E-state index is -3.90. The highest BCUT2D eigenvalue weighted by atomic mass is 32.2. The molecule has 0 saturated carbocycles. The van der Waals surface area contributed by atoms with Gasteiger partial charge in [-0.2, -0.15) is 4.31 Å². The Balaban J connectivity index is 1.26. The van der Waals surface area contributed by atoms with E-state index >= 15 is 0 Å². The third kappa shape index (κ3) is 6.11. The molecule has 2 amide bonds. The number of nitrogens with one attached hydrogen (secondary N) is 2. The smallest absolute Gasteiger partial charge is 0.243 e. The quantitative estimate of drug-likeness (QED) is 0.565. The molecule has 0 radical (unpaired) electrons. The first-order chi connectivity index (χ1) is 18.4. The van der Waals surface area contributed by atoms with E-state index in [1.54, 1.807) is 18.2 Å². The van der Waals surface area contributed by atoms with Gasteiger partial charge in [-0.15, -0.1) is 0 Å². The summed E-state index contributed by atoms with van der Waals surface area (Å²) >= 11 is 0. The van der Waals surface area contributed by atoms with Crippen molar-refractivity contribution in [1.29, 1.82) is 0 Å². The summed E-state index contributed by atoms with van der Waals surface area (Å²) in [6, 6.07) is 13.5. The van der Waals surface area contributed by atoms with Crippen molar-refractivity contribution in [1.82, 2.24) is 19.8 Å². The summed E-state index contributed by atoms with van der Waals surface area (Å²) in [6.45, 7) is 3.63. The van der Waals surface area contributed by atoms with E-state index in [2.05, 4.69) is 33.7 Å². The molecule has 5 rings (SSSR count). The third-order valence-electron chi connectivity index (χ3n) is 7.97. The number of nitrogens with zero attached hydrogens (tertiary/aromatic N) is 2. The van der Waals surface area contributed by atoms with E-state index in [4.69, 9.17) is 0 Å². The van der Waals surface area contributed by atoms with Crippen LogP contribution in [-0.4, -0.2) is 61.7 Å². The zero-order valence-corrected chi connectivity index (χ0v) is 22.7. The minimum Gasteiger partial charge on any atom is -0.353 e. The molecule has 1 unspecified atom stereocenters. The average Bonchev–Trinajstić information content (AvgIpc) is 3.19. The highest BCUT2D eigenvalue weighted by Crippen LogP contribution is 2.31. The molecule has 1 aliphatic carbocycles. The van der Waals surface area contributed by atoms with Gasteiger partial charge in [-0.25, -0.2) is 8.42 Å². The van der Waals surface area contributed by atoms with Crippen molar-refractivity contribution in [2.45, 2.75) is 74.9 Å². The molecule has 8 nitrogen and oxygen atoms in total. The lowest BCUT2D eigenvalue weighted by atomic mass is 9.86. The zero-order valence-electron chi connectivity index (χ0n) is 21.9. The topological polar surface area (TPSA) is 98.8 Å². The van der Waals surface area contributed by atoms with Gasteiger partial charge >= 0.3 is 0 Å². The molecule has 2 N–H and O–H groups in total. The molecule has 3 aliphatic rings.